The van der Waals surface area contributed by atoms with Gasteiger partial charge in [-0.25, -0.2) is 18.2 Å². The SMILES string of the molecule is Nc1cc(C2CC2)nc2c(F)c(F)c(F)cc12. The number of halogens is 3. The molecule has 1 aromatic heterocycles. The van der Waals surface area contributed by atoms with Gasteiger partial charge in [-0.15, -0.1) is 0 Å². The minimum Gasteiger partial charge on any atom is -0.398 e. The molecule has 0 radical (unpaired) electrons. The Hall–Kier alpha value is -1.78. The monoisotopic (exact) mass is 238 g/mol. The highest BCUT2D eigenvalue weighted by molar-refractivity contribution is 5.90. The van der Waals surface area contributed by atoms with Gasteiger partial charge in [0.05, 0.1) is 0 Å². The van der Waals surface area contributed by atoms with E-state index < -0.39 is 17.5 Å². The third-order valence-electron chi connectivity index (χ3n) is 2.99. The van der Waals surface area contributed by atoms with Gasteiger partial charge in [-0.1, -0.05) is 0 Å². The summed E-state index contributed by atoms with van der Waals surface area (Å²) in [6.45, 7) is 0. The summed E-state index contributed by atoms with van der Waals surface area (Å²) < 4.78 is 39.7. The van der Waals surface area contributed by atoms with Gasteiger partial charge in [0.25, 0.3) is 0 Å². The maximum atomic E-state index is 13.6. The molecule has 88 valence electrons. The summed E-state index contributed by atoms with van der Waals surface area (Å²) in [4.78, 5) is 4.04. The average Bonchev–Trinajstić information content (AvgIpc) is 3.11. The van der Waals surface area contributed by atoms with E-state index >= 15 is 0 Å². The van der Waals surface area contributed by atoms with Gasteiger partial charge in [0.15, 0.2) is 17.5 Å². The molecule has 0 bridgehead atoms. The van der Waals surface area contributed by atoms with Crippen molar-refractivity contribution >= 4 is 16.6 Å². The molecule has 0 amide bonds. The Morgan fingerprint density at radius 1 is 1.12 bits per heavy atom. The molecule has 17 heavy (non-hydrogen) atoms. The van der Waals surface area contributed by atoms with Crippen LogP contribution in [0.2, 0.25) is 0 Å². The molecule has 2 aromatic rings. The van der Waals surface area contributed by atoms with Crippen molar-refractivity contribution in [3.8, 4) is 0 Å². The van der Waals surface area contributed by atoms with Crippen LogP contribution in [0, 0.1) is 17.5 Å². The fraction of sp³-hybridized carbons (Fsp3) is 0.250. The molecule has 0 spiro atoms. The number of hydrogen-bond acceptors (Lipinski definition) is 2. The van der Waals surface area contributed by atoms with Crippen LogP contribution in [0.1, 0.15) is 24.5 Å². The summed E-state index contributed by atoms with van der Waals surface area (Å²) in [6, 6.07) is 2.49. The molecule has 0 aliphatic heterocycles. The first-order valence-corrected chi connectivity index (χ1v) is 5.31. The van der Waals surface area contributed by atoms with Crippen LogP contribution < -0.4 is 5.73 Å². The van der Waals surface area contributed by atoms with Gasteiger partial charge in [-0.2, -0.15) is 0 Å². The first-order valence-electron chi connectivity index (χ1n) is 5.31. The average molecular weight is 238 g/mol. The molecule has 1 saturated carbocycles. The summed E-state index contributed by atoms with van der Waals surface area (Å²) in [7, 11) is 0. The zero-order valence-corrected chi connectivity index (χ0v) is 8.80. The van der Waals surface area contributed by atoms with Crippen LogP contribution in [-0.4, -0.2) is 4.98 Å². The molecular weight excluding hydrogens is 229 g/mol. The number of aromatic nitrogens is 1. The van der Waals surface area contributed by atoms with Crippen LogP contribution in [0.4, 0.5) is 18.9 Å². The maximum absolute atomic E-state index is 13.6. The van der Waals surface area contributed by atoms with E-state index in [2.05, 4.69) is 4.98 Å². The first kappa shape index (κ1) is 10.4. The minimum atomic E-state index is -1.50. The van der Waals surface area contributed by atoms with Gasteiger partial charge < -0.3 is 5.73 Å². The Kier molecular flexibility index (Phi) is 2.05. The molecule has 1 aromatic carbocycles. The van der Waals surface area contributed by atoms with Gasteiger partial charge in [0.1, 0.15) is 5.52 Å². The number of benzene rings is 1. The highest BCUT2D eigenvalue weighted by Gasteiger charge is 2.27. The van der Waals surface area contributed by atoms with E-state index in [-0.39, 0.29) is 22.5 Å². The largest absolute Gasteiger partial charge is 0.398 e. The third-order valence-corrected chi connectivity index (χ3v) is 2.99. The second kappa shape index (κ2) is 3.35. The number of rotatable bonds is 1. The molecule has 1 heterocycles. The van der Waals surface area contributed by atoms with Crippen molar-refractivity contribution in [3.63, 3.8) is 0 Å². The molecule has 5 heteroatoms. The molecule has 1 aliphatic carbocycles. The molecule has 0 saturated heterocycles. The van der Waals surface area contributed by atoms with Crippen LogP contribution in [0.15, 0.2) is 12.1 Å². The molecule has 1 aliphatic rings. The lowest BCUT2D eigenvalue weighted by molar-refractivity contribution is 0.452. The Morgan fingerprint density at radius 2 is 1.82 bits per heavy atom. The Balaban J connectivity index is 2.36. The number of nitrogen functional groups attached to an aromatic ring is 1. The molecule has 2 nitrogen and oxygen atoms in total. The molecular formula is C12H9F3N2. The number of hydrogen-bond donors (Lipinski definition) is 1. The normalized spacial score (nSPS) is 15.5. The van der Waals surface area contributed by atoms with Crippen molar-refractivity contribution in [2.75, 3.05) is 5.73 Å². The van der Waals surface area contributed by atoms with E-state index in [9.17, 15) is 13.2 Å². The van der Waals surface area contributed by atoms with E-state index in [1.165, 1.54) is 0 Å². The van der Waals surface area contributed by atoms with Crippen molar-refractivity contribution in [1.82, 2.24) is 4.98 Å². The molecule has 2 N–H and O–H groups in total. The lowest BCUT2D eigenvalue weighted by Crippen LogP contribution is -2.00. The predicted molar refractivity (Wildman–Crippen MR) is 58.0 cm³/mol. The lowest BCUT2D eigenvalue weighted by atomic mass is 10.1. The summed E-state index contributed by atoms with van der Waals surface area (Å²) in [5.74, 6) is -3.75. The quantitative estimate of drug-likeness (QED) is 0.775. The summed E-state index contributed by atoms with van der Waals surface area (Å²) >= 11 is 0. The van der Waals surface area contributed by atoms with Crippen molar-refractivity contribution in [3.05, 3.63) is 35.3 Å². The number of anilines is 1. The van der Waals surface area contributed by atoms with E-state index in [1.807, 2.05) is 0 Å². The van der Waals surface area contributed by atoms with Gasteiger partial charge in [-0.05, 0) is 25.0 Å². The zero-order valence-electron chi connectivity index (χ0n) is 8.80. The van der Waals surface area contributed by atoms with Crippen LogP contribution in [0.5, 0.6) is 0 Å². The van der Waals surface area contributed by atoms with Crippen LogP contribution in [0.25, 0.3) is 10.9 Å². The third kappa shape index (κ3) is 1.53. The number of nitrogens with zero attached hydrogens (tertiary/aromatic N) is 1. The van der Waals surface area contributed by atoms with Gasteiger partial charge >= 0.3 is 0 Å². The fourth-order valence-electron chi connectivity index (χ4n) is 1.90. The summed E-state index contributed by atoms with van der Waals surface area (Å²) in [5, 5.41) is 0.116. The van der Waals surface area contributed by atoms with E-state index in [0.717, 1.165) is 18.9 Å². The van der Waals surface area contributed by atoms with Gasteiger partial charge in [0.2, 0.25) is 0 Å². The van der Waals surface area contributed by atoms with E-state index in [4.69, 9.17) is 5.73 Å². The Morgan fingerprint density at radius 3 is 2.47 bits per heavy atom. The van der Waals surface area contributed by atoms with Crippen LogP contribution >= 0.6 is 0 Å². The standard InChI is InChI=1S/C12H9F3N2/c13-7-3-6-8(16)4-9(5-1-2-5)17-12(6)11(15)10(7)14/h3-5H,1-2H2,(H2,16,17). The molecule has 0 atom stereocenters. The zero-order chi connectivity index (χ0) is 12.2. The minimum absolute atomic E-state index is 0.116. The van der Waals surface area contributed by atoms with Crippen molar-refractivity contribution in [1.29, 1.82) is 0 Å². The second-order valence-electron chi connectivity index (χ2n) is 4.29. The number of fused-ring (bicyclic) bond motifs is 1. The molecule has 1 fully saturated rings. The topological polar surface area (TPSA) is 38.9 Å². The maximum Gasteiger partial charge on any atom is 0.196 e. The summed E-state index contributed by atoms with van der Waals surface area (Å²) in [6.07, 6.45) is 1.95. The smallest absolute Gasteiger partial charge is 0.196 e. The van der Waals surface area contributed by atoms with Gasteiger partial charge in [0, 0.05) is 22.7 Å². The number of nitrogens with two attached hydrogens (primary N) is 1. The highest BCUT2D eigenvalue weighted by Crippen LogP contribution is 2.41. The number of pyridine rings is 1. The highest BCUT2D eigenvalue weighted by atomic mass is 19.2. The van der Waals surface area contributed by atoms with Crippen molar-refractivity contribution in [2.45, 2.75) is 18.8 Å². The fourth-order valence-corrected chi connectivity index (χ4v) is 1.90. The van der Waals surface area contributed by atoms with Gasteiger partial charge in [-0.3, -0.25) is 0 Å². The second-order valence-corrected chi connectivity index (χ2v) is 4.29. The van der Waals surface area contributed by atoms with E-state index in [0.29, 0.717) is 5.69 Å². The lowest BCUT2D eigenvalue weighted by Gasteiger charge is -2.07. The van der Waals surface area contributed by atoms with Crippen molar-refractivity contribution < 1.29 is 13.2 Å². The van der Waals surface area contributed by atoms with Crippen molar-refractivity contribution in [2.24, 2.45) is 0 Å². The predicted octanol–water partition coefficient (Wildman–Crippen LogP) is 3.11. The summed E-state index contributed by atoms with van der Waals surface area (Å²) in [5.41, 5.74) is 6.41. The van der Waals surface area contributed by atoms with Crippen LogP contribution in [0.3, 0.4) is 0 Å². The molecule has 0 unspecified atom stereocenters. The Bertz CT molecular complexity index is 621. The molecule has 3 rings (SSSR count). The first-order chi connectivity index (χ1) is 8.08. The Labute approximate surface area is 95.3 Å². The van der Waals surface area contributed by atoms with E-state index in [1.54, 1.807) is 6.07 Å². The van der Waals surface area contributed by atoms with Crippen LogP contribution in [-0.2, 0) is 0 Å².